The molecule has 0 atom stereocenters. The van der Waals surface area contributed by atoms with Gasteiger partial charge < -0.3 is 15.4 Å². The van der Waals surface area contributed by atoms with E-state index < -0.39 is 0 Å². The first-order valence-corrected chi connectivity index (χ1v) is 8.45. The van der Waals surface area contributed by atoms with Crippen molar-refractivity contribution in [3.63, 3.8) is 0 Å². The minimum absolute atomic E-state index is 0.125. The Morgan fingerprint density at radius 3 is 2.41 bits per heavy atom. The Labute approximate surface area is 157 Å². The van der Waals surface area contributed by atoms with Crippen molar-refractivity contribution in [1.82, 2.24) is 10.3 Å². The minimum atomic E-state index is -0.345. The lowest BCUT2D eigenvalue weighted by molar-refractivity contribution is -0.115. The molecule has 6 nitrogen and oxygen atoms in total. The van der Waals surface area contributed by atoms with Crippen molar-refractivity contribution in [2.24, 2.45) is 0 Å². The van der Waals surface area contributed by atoms with Gasteiger partial charge in [-0.15, -0.1) is 0 Å². The number of carbonyl (C=O) groups is 2. The number of nitrogens with one attached hydrogen (secondary N) is 2. The highest BCUT2D eigenvalue weighted by atomic mass is 16.5. The second-order valence-electron chi connectivity index (χ2n) is 5.77. The summed E-state index contributed by atoms with van der Waals surface area (Å²) in [5, 5.41) is 5.28. The summed E-state index contributed by atoms with van der Waals surface area (Å²) in [6, 6.07) is 20.2. The number of anilines is 1. The molecule has 2 amide bonds. The fourth-order valence-corrected chi connectivity index (χ4v) is 2.34. The maximum Gasteiger partial charge on any atom is 0.253 e. The molecule has 1 heterocycles. The summed E-state index contributed by atoms with van der Waals surface area (Å²) in [5.74, 6) is 0.0508. The van der Waals surface area contributed by atoms with Crippen LogP contribution in [0.3, 0.4) is 0 Å². The molecule has 2 N–H and O–H groups in total. The van der Waals surface area contributed by atoms with Crippen LogP contribution in [0.5, 0.6) is 5.75 Å². The SMILES string of the molecule is O=C(CNC(=O)c1cccnc1)Nc1ccc(OCc2ccccc2)cc1. The number of hydrogen-bond acceptors (Lipinski definition) is 4. The van der Waals surface area contributed by atoms with Gasteiger partial charge in [0.15, 0.2) is 0 Å². The number of pyridine rings is 1. The highest BCUT2D eigenvalue weighted by Gasteiger charge is 2.08. The lowest BCUT2D eigenvalue weighted by Crippen LogP contribution is -2.32. The molecule has 0 saturated carbocycles. The van der Waals surface area contributed by atoms with Gasteiger partial charge in [-0.2, -0.15) is 0 Å². The highest BCUT2D eigenvalue weighted by Crippen LogP contribution is 2.17. The van der Waals surface area contributed by atoms with E-state index in [0.717, 1.165) is 5.56 Å². The number of amides is 2. The molecule has 136 valence electrons. The summed E-state index contributed by atoms with van der Waals surface area (Å²) in [4.78, 5) is 27.7. The van der Waals surface area contributed by atoms with Crippen LogP contribution in [0.4, 0.5) is 5.69 Å². The van der Waals surface area contributed by atoms with E-state index in [2.05, 4.69) is 15.6 Å². The molecule has 0 aliphatic heterocycles. The zero-order valence-corrected chi connectivity index (χ0v) is 14.6. The van der Waals surface area contributed by atoms with Gasteiger partial charge in [-0.1, -0.05) is 30.3 Å². The average molecular weight is 361 g/mol. The minimum Gasteiger partial charge on any atom is -0.489 e. The van der Waals surface area contributed by atoms with Crippen molar-refractivity contribution in [1.29, 1.82) is 0 Å². The summed E-state index contributed by atoms with van der Waals surface area (Å²) in [6.45, 7) is 0.354. The zero-order valence-electron chi connectivity index (χ0n) is 14.6. The number of ether oxygens (including phenoxy) is 1. The Balaban J connectivity index is 1.45. The normalized spacial score (nSPS) is 10.1. The predicted molar refractivity (Wildman–Crippen MR) is 102 cm³/mol. The van der Waals surface area contributed by atoms with Crippen molar-refractivity contribution < 1.29 is 14.3 Å². The Kier molecular flexibility index (Phi) is 6.14. The Hall–Kier alpha value is -3.67. The quantitative estimate of drug-likeness (QED) is 0.678. The average Bonchev–Trinajstić information content (AvgIpc) is 2.73. The molecule has 1 aromatic heterocycles. The molecule has 0 aliphatic carbocycles. The zero-order chi connectivity index (χ0) is 18.9. The lowest BCUT2D eigenvalue weighted by atomic mass is 10.2. The van der Waals surface area contributed by atoms with Gasteiger partial charge in [-0.05, 0) is 42.0 Å². The maximum atomic E-state index is 12.0. The van der Waals surface area contributed by atoms with Crippen LogP contribution in [0, 0.1) is 0 Å². The highest BCUT2D eigenvalue weighted by molar-refractivity contribution is 5.99. The van der Waals surface area contributed by atoms with E-state index in [-0.39, 0.29) is 18.4 Å². The third kappa shape index (κ3) is 5.67. The number of nitrogens with zero attached hydrogens (tertiary/aromatic N) is 1. The molecule has 0 fully saturated rings. The van der Waals surface area contributed by atoms with E-state index in [1.807, 2.05) is 30.3 Å². The maximum absolute atomic E-state index is 12.0. The van der Waals surface area contributed by atoms with E-state index >= 15 is 0 Å². The number of benzene rings is 2. The van der Waals surface area contributed by atoms with E-state index in [1.54, 1.807) is 42.6 Å². The van der Waals surface area contributed by atoms with E-state index in [0.29, 0.717) is 23.6 Å². The van der Waals surface area contributed by atoms with E-state index in [9.17, 15) is 9.59 Å². The summed E-state index contributed by atoms with van der Waals surface area (Å²) in [6.07, 6.45) is 3.03. The summed E-state index contributed by atoms with van der Waals surface area (Å²) in [5.41, 5.74) is 2.12. The first-order valence-electron chi connectivity index (χ1n) is 8.45. The Morgan fingerprint density at radius 2 is 1.70 bits per heavy atom. The third-order valence-corrected chi connectivity index (χ3v) is 3.72. The molecule has 2 aromatic carbocycles. The molecule has 0 saturated heterocycles. The first-order chi connectivity index (χ1) is 13.2. The fourth-order valence-electron chi connectivity index (χ4n) is 2.34. The van der Waals surface area contributed by atoms with Gasteiger partial charge in [-0.3, -0.25) is 14.6 Å². The van der Waals surface area contributed by atoms with Crippen LogP contribution in [0.2, 0.25) is 0 Å². The predicted octanol–water partition coefficient (Wildman–Crippen LogP) is 3.03. The fraction of sp³-hybridized carbons (Fsp3) is 0.0952. The smallest absolute Gasteiger partial charge is 0.253 e. The van der Waals surface area contributed by atoms with Crippen LogP contribution in [0.25, 0.3) is 0 Å². The van der Waals surface area contributed by atoms with E-state index in [4.69, 9.17) is 4.74 Å². The number of hydrogen-bond donors (Lipinski definition) is 2. The van der Waals surface area contributed by atoms with Crippen molar-refractivity contribution >= 4 is 17.5 Å². The van der Waals surface area contributed by atoms with Gasteiger partial charge >= 0.3 is 0 Å². The summed E-state index contributed by atoms with van der Waals surface area (Å²) >= 11 is 0. The largest absolute Gasteiger partial charge is 0.489 e. The van der Waals surface area contributed by atoms with Crippen LogP contribution >= 0.6 is 0 Å². The van der Waals surface area contributed by atoms with Crippen LogP contribution < -0.4 is 15.4 Å². The lowest BCUT2D eigenvalue weighted by Gasteiger charge is -2.09. The number of rotatable bonds is 7. The molecule has 0 aliphatic rings. The Morgan fingerprint density at radius 1 is 0.926 bits per heavy atom. The van der Waals surface area contributed by atoms with Gasteiger partial charge in [0, 0.05) is 18.1 Å². The number of aromatic nitrogens is 1. The molecule has 0 unspecified atom stereocenters. The van der Waals surface area contributed by atoms with Crippen molar-refractivity contribution in [2.45, 2.75) is 6.61 Å². The van der Waals surface area contributed by atoms with Crippen LogP contribution in [-0.2, 0) is 11.4 Å². The summed E-state index contributed by atoms with van der Waals surface area (Å²) in [7, 11) is 0. The molecule has 3 aromatic rings. The van der Waals surface area contributed by atoms with Gasteiger partial charge in [-0.25, -0.2) is 0 Å². The molecular formula is C21H19N3O3. The van der Waals surface area contributed by atoms with E-state index in [1.165, 1.54) is 6.20 Å². The first kappa shape index (κ1) is 18.1. The molecule has 0 bridgehead atoms. The molecule has 6 heteroatoms. The van der Waals surface area contributed by atoms with Crippen LogP contribution in [0.15, 0.2) is 79.1 Å². The molecule has 3 rings (SSSR count). The van der Waals surface area contributed by atoms with Gasteiger partial charge in [0.2, 0.25) is 5.91 Å². The molecular weight excluding hydrogens is 342 g/mol. The van der Waals surface area contributed by atoms with Crippen molar-refractivity contribution in [3.05, 3.63) is 90.3 Å². The van der Waals surface area contributed by atoms with Crippen LogP contribution in [0.1, 0.15) is 15.9 Å². The number of carbonyl (C=O) groups excluding carboxylic acids is 2. The van der Waals surface area contributed by atoms with Gasteiger partial charge in [0.25, 0.3) is 5.91 Å². The van der Waals surface area contributed by atoms with Crippen LogP contribution in [-0.4, -0.2) is 23.3 Å². The monoisotopic (exact) mass is 361 g/mol. The standard InChI is InChI=1S/C21H19N3O3/c25-20(14-23-21(26)17-7-4-12-22-13-17)24-18-8-10-19(11-9-18)27-15-16-5-2-1-3-6-16/h1-13H,14-15H2,(H,23,26)(H,24,25). The molecule has 0 radical (unpaired) electrons. The van der Waals surface area contributed by atoms with Gasteiger partial charge in [0.05, 0.1) is 12.1 Å². The second kappa shape index (κ2) is 9.15. The molecule has 0 spiro atoms. The second-order valence-corrected chi connectivity index (χ2v) is 5.77. The third-order valence-electron chi connectivity index (χ3n) is 3.72. The summed E-state index contributed by atoms with van der Waals surface area (Å²) < 4.78 is 5.70. The van der Waals surface area contributed by atoms with Gasteiger partial charge in [0.1, 0.15) is 12.4 Å². The molecule has 27 heavy (non-hydrogen) atoms. The Bertz CT molecular complexity index is 882. The van der Waals surface area contributed by atoms with Crippen molar-refractivity contribution in [3.8, 4) is 5.75 Å². The van der Waals surface area contributed by atoms with Crippen molar-refractivity contribution in [2.75, 3.05) is 11.9 Å². The topological polar surface area (TPSA) is 80.3 Å².